The summed E-state index contributed by atoms with van der Waals surface area (Å²) in [7, 11) is 1.42. The maximum absolute atomic E-state index is 12.7. The molecule has 10 nitrogen and oxygen atoms in total. The van der Waals surface area contributed by atoms with Crippen LogP contribution in [0.15, 0.2) is 18.2 Å². The first-order chi connectivity index (χ1) is 14.2. The number of Topliss-reactive ketones (excluding diaryl/α,β-unsaturated/α-hetero) is 1. The van der Waals surface area contributed by atoms with Crippen LogP contribution in [0.25, 0.3) is 0 Å². The molecule has 30 heavy (non-hydrogen) atoms. The molecule has 4 N–H and O–H groups in total. The molecule has 0 radical (unpaired) electrons. The summed E-state index contributed by atoms with van der Waals surface area (Å²) in [5.74, 6) is 0.0595. The summed E-state index contributed by atoms with van der Waals surface area (Å²) in [5.41, 5.74) is 11.5. The first-order valence-electron chi connectivity index (χ1n) is 9.78. The molecule has 2 rings (SSSR count). The van der Waals surface area contributed by atoms with Crippen LogP contribution in [0.4, 0.5) is 4.79 Å². The van der Waals surface area contributed by atoms with E-state index in [9.17, 15) is 14.4 Å². The fourth-order valence-corrected chi connectivity index (χ4v) is 2.75. The van der Waals surface area contributed by atoms with Crippen molar-refractivity contribution >= 4 is 17.8 Å². The number of carbonyl (C=O) groups excluding carboxylic acids is 3. The molecule has 3 unspecified atom stereocenters. The second-order valence-corrected chi connectivity index (χ2v) is 7.00. The number of nitrogens with zero attached hydrogens (tertiary/aromatic N) is 1. The maximum atomic E-state index is 12.7. The van der Waals surface area contributed by atoms with Crippen LogP contribution in [0.2, 0.25) is 0 Å². The van der Waals surface area contributed by atoms with Gasteiger partial charge in [0.25, 0.3) is 0 Å². The molecule has 166 valence electrons. The van der Waals surface area contributed by atoms with Crippen molar-refractivity contribution in [3.05, 3.63) is 23.8 Å². The third-order valence-corrected chi connectivity index (χ3v) is 4.73. The highest BCUT2D eigenvalue weighted by atomic mass is 16.7. The second kappa shape index (κ2) is 10.8. The topological polar surface area (TPSA) is 143 Å². The van der Waals surface area contributed by atoms with Gasteiger partial charge in [-0.15, -0.1) is 0 Å². The van der Waals surface area contributed by atoms with Gasteiger partial charge in [-0.3, -0.25) is 9.59 Å². The van der Waals surface area contributed by atoms with Crippen molar-refractivity contribution < 1.29 is 33.3 Å². The molecule has 1 aromatic carbocycles. The van der Waals surface area contributed by atoms with Gasteiger partial charge in [0.1, 0.15) is 6.04 Å². The quantitative estimate of drug-likeness (QED) is 0.247. The highest BCUT2D eigenvalue weighted by molar-refractivity contribution is 6.01. The number of likely N-dealkylation sites (N-methyl/N-ethyl adjacent to an activating group) is 1. The van der Waals surface area contributed by atoms with Crippen LogP contribution in [0.5, 0.6) is 11.5 Å². The van der Waals surface area contributed by atoms with Crippen molar-refractivity contribution in [2.75, 3.05) is 20.4 Å². The zero-order valence-electron chi connectivity index (χ0n) is 17.5. The smallest absolute Gasteiger partial charge is 0.413 e. The first-order valence-corrected chi connectivity index (χ1v) is 9.78. The lowest BCUT2D eigenvalue weighted by atomic mass is 10.0. The van der Waals surface area contributed by atoms with E-state index in [4.69, 9.17) is 30.4 Å². The van der Waals surface area contributed by atoms with E-state index in [0.29, 0.717) is 36.4 Å². The van der Waals surface area contributed by atoms with E-state index in [-0.39, 0.29) is 12.6 Å². The monoisotopic (exact) mass is 423 g/mol. The van der Waals surface area contributed by atoms with E-state index < -0.39 is 30.4 Å². The molecule has 1 aromatic rings. The predicted molar refractivity (Wildman–Crippen MR) is 107 cm³/mol. The van der Waals surface area contributed by atoms with Crippen LogP contribution < -0.4 is 20.9 Å². The number of carbonyl (C=O) groups is 3. The lowest BCUT2D eigenvalue weighted by molar-refractivity contribution is -0.167. The molecule has 1 amide bonds. The summed E-state index contributed by atoms with van der Waals surface area (Å²) in [4.78, 5) is 38.1. The van der Waals surface area contributed by atoms with Gasteiger partial charge in [0.05, 0.1) is 6.04 Å². The van der Waals surface area contributed by atoms with Gasteiger partial charge < -0.3 is 35.3 Å². The molecule has 10 heteroatoms. The number of benzene rings is 1. The van der Waals surface area contributed by atoms with Gasteiger partial charge in [0, 0.05) is 19.5 Å². The van der Waals surface area contributed by atoms with E-state index in [1.807, 2.05) is 0 Å². The molecule has 1 aliphatic heterocycles. The molecule has 0 saturated heterocycles. The molecule has 0 saturated carbocycles. The summed E-state index contributed by atoms with van der Waals surface area (Å²) >= 11 is 0. The molecule has 1 heterocycles. The largest absolute Gasteiger partial charge is 0.454 e. The van der Waals surface area contributed by atoms with Gasteiger partial charge >= 0.3 is 12.1 Å². The van der Waals surface area contributed by atoms with E-state index in [1.165, 1.54) is 14.0 Å². The molecular weight excluding hydrogens is 394 g/mol. The van der Waals surface area contributed by atoms with Gasteiger partial charge in [-0.05, 0) is 44.5 Å². The minimum absolute atomic E-state index is 0.0993. The average molecular weight is 423 g/mol. The molecule has 3 atom stereocenters. The Hall–Kier alpha value is -2.85. The third kappa shape index (κ3) is 6.07. The molecular formula is C20H29N3O7. The molecule has 0 fully saturated rings. The Balaban J connectivity index is 1.86. The number of rotatable bonds is 10. The lowest BCUT2D eigenvalue weighted by Gasteiger charge is -2.25. The zero-order valence-corrected chi connectivity index (χ0v) is 17.5. The van der Waals surface area contributed by atoms with Gasteiger partial charge in [-0.2, -0.15) is 0 Å². The van der Waals surface area contributed by atoms with Crippen molar-refractivity contribution in [2.24, 2.45) is 11.5 Å². The van der Waals surface area contributed by atoms with Gasteiger partial charge in [0.15, 0.2) is 17.3 Å². The van der Waals surface area contributed by atoms with Crippen molar-refractivity contribution in [1.82, 2.24) is 4.90 Å². The Morgan fingerprint density at radius 2 is 1.83 bits per heavy atom. The number of nitrogens with two attached hydrogens (primary N) is 2. The van der Waals surface area contributed by atoms with E-state index in [1.54, 1.807) is 25.1 Å². The van der Waals surface area contributed by atoms with E-state index >= 15 is 0 Å². The van der Waals surface area contributed by atoms with Crippen LogP contribution in [-0.4, -0.2) is 61.5 Å². The van der Waals surface area contributed by atoms with Crippen molar-refractivity contribution in [3.63, 3.8) is 0 Å². The van der Waals surface area contributed by atoms with E-state index in [2.05, 4.69) is 0 Å². The summed E-state index contributed by atoms with van der Waals surface area (Å²) < 4.78 is 20.7. The summed E-state index contributed by atoms with van der Waals surface area (Å²) in [6.07, 6.45) is -0.0821. The first kappa shape index (κ1) is 23.4. The van der Waals surface area contributed by atoms with Crippen LogP contribution in [0, 0.1) is 0 Å². The Bertz CT molecular complexity index is 771. The number of fused-ring (bicyclic) bond motifs is 1. The third-order valence-electron chi connectivity index (χ3n) is 4.73. The highest BCUT2D eigenvalue weighted by Gasteiger charge is 2.28. The average Bonchev–Trinajstić information content (AvgIpc) is 3.19. The van der Waals surface area contributed by atoms with Crippen molar-refractivity contribution in [1.29, 1.82) is 0 Å². The van der Waals surface area contributed by atoms with Gasteiger partial charge in [0.2, 0.25) is 13.1 Å². The van der Waals surface area contributed by atoms with Crippen molar-refractivity contribution in [2.45, 2.75) is 51.5 Å². The Morgan fingerprint density at radius 3 is 2.53 bits per heavy atom. The van der Waals surface area contributed by atoms with Crippen LogP contribution in [0.3, 0.4) is 0 Å². The van der Waals surface area contributed by atoms with Crippen molar-refractivity contribution in [3.8, 4) is 11.5 Å². The Labute approximate surface area is 175 Å². The zero-order chi connectivity index (χ0) is 22.3. The predicted octanol–water partition coefficient (Wildman–Crippen LogP) is 1.40. The maximum Gasteiger partial charge on any atom is 0.413 e. The second-order valence-electron chi connectivity index (χ2n) is 7.00. The number of ketones is 1. The fourth-order valence-electron chi connectivity index (χ4n) is 2.75. The Morgan fingerprint density at radius 1 is 1.13 bits per heavy atom. The molecule has 0 bridgehead atoms. The number of unbranched alkanes of at least 4 members (excludes halogenated alkanes) is 1. The number of hydrogen-bond acceptors (Lipinski definition) is 9. The fraction of sp³-hybridized carbons (Fsp3) is 0.550. The normalized spacial score (nSPS) is 15.1. The lowest BCUT2D eigenvalue weighted by Crippen LogP contribution is -2.43. The SMILES string of the molecule is CC(OC(=O)C(N)CCCCN)OC(=O)N(C)C(C)C(=O)c1ccc2c(c1)OCO2. The number of ether oxygens (including phenoxy) is 4. The van der Waals surface area contributed by atoms with Gasteiger partial charge in [-0.1, -0.05) is 6.42 Å². The molecule has 0 aliphatic carbocycles. The minimum atomic E-state index is -1.15. The minimum Gasteiger partial charge on any atom is -0.454 e. The van der Waals surface area contributed by atoms with Crippen LogP contribution in [0.1, 0.15) is 43.5 Å². The molecule has 0 spiro atoms. The number of hydrogen-bond donors (Lipinski definition) is 2. The summed E-state index contributed by atoms with van der Waals surface area (Å²) in [6.45, 7) is 3.59. The standard InChI is InChI=1S/C20H29N3O7/c1-12(18(24)14-7-8-16-17(10-14)28-11-27-16)23(3)20(26)30-13(2)29-19(25)15(22)6-4-5-9-21/h7-8,10,12-13,15H,4-6,9,11,21-22H2,1-3H3. The molecule has 1 aliphatic rings. The number of esters is 1. The number of amides is 1. The van der Waals surface area contributed by atoms with Crippen LogP contribution in [-0.2, 0) is 14.3 Å². The molecule has 0 aromatic heterocycles. The van der Waals surface area contributed by atoms with Gasteiger partial charge in [-0.25, -0.2) is 4.79 Å². The van der Waals surface area contributed by atoms with Crippen LogP contribution >= 0.6 is 0 Å². The van der Waals surface area contributed by atoms with E-state index in [0.717, 1.165) is 11.3 Å². The highest BCUT2D eigenvalue weighted by Crippen LogP contribution is 2.33. The Kier molecular flexibility index (Phi) is 8.43. The summed E-state index contributed by atoms with van der Waals surface area (Å²) in [5, 5.41) is 0. The summed E-state index contributed by atoms with van der Waals surface area (Å²) in [6, 6.07) is 3.17.